The van der Waals surface area contributed by atoms with Crippen LogP contribution < -0.4 is 0 Å². The minimum absolute atomic E-state index is 0.0444. The van der Waals surface area contributed by atoms with Crippen molar-refractivity contribution in [2.45, 2.75) is 12.8 Å². The molecule has 2 aromatic rings. The first-order valence-electron chi connectivity index (χ1n) is 6.70. The van der Waals surface area contributed by atoms with Crippen molar-refractivity contribution in [1.29, 1.82) is 0 Å². The average molecular weight is 322 g/mol. The van der Waals surface area contributed by atoms with E-state index >= 15 is 0 Å². The Kier molecular flexibility index (Phi) is 5.27. The molecule has 4 heteroatoms. The lowest BCUT2D eigenvalue weighted by Crippen LogP contribution is -2.29. The largest absolute Gasteiger partial charge is 0.345 e. The summed E-state index contributed by atoms with van der Waals surface area (Å²) in [4.78, 5) is 13.2. The van der Waals surface area contributed by atoms with Gasteiger partial charge in [0, 0.05) is 36.5 Å². The summed E-state index contributed by atoms with van der Waals surface area (Å²) in [5.74, 6) is 0.136. The van der Waals surface area contributed by atoms with Gasteiger partial charge in [-0.15, -0.1) is 0 Å². The maximum atomic E-state index is 11.5. The third-order valence-corrected chi connectivity index (χ3v) is 4.04. The second kappa shape index (κ2) is 6.97. The molecular weight excluding hydrogens is 305 g/mol. The molecule has 0 aromatic heterocycles. The van der Waals surface area contributed by atoms with Gasteiger partial charge in [-0.05, 0) is 35.4 Å². The molecule has 0 unspecified atom stereocenters. The normalized spacial score (nSPS) is 10.7. The maximum Gasteiger partial charge on any atom is 0.219 e. The monoisotopic (exact) mass is 321 g/mol. The zero-order valence-electron chi connectivity index (χ0n) is 12.0. The number of carbonyl (C=O) groups excluding carboxylic acids is 1. The summed E-state index contributed by atoms with van der Waals surface area (Å²) >= 11 is 11.9. The van der Waals surface area contributed by atoms with E-state index in [-0.39, 0.29) is 11.8 Å². The molecule has 0 N–H and O–H groups in total. The summed E-state index contributed by atoms with van der Waals surface area (Å²) in [6.45, 7) is 2.18. The Morgan fingerprint density at radius 1 is 0.952 bits per heavy atom. The average Bonchev–Trinajstić information content (AvgIpc) is 2.46. The lowest BCUT2D eigenvalue weighted by Gasteiger charge is -2.24. The highest BCUT2D eigenvalue weighted by Gasteiger charge is 2.17. The van der Waals surface area contributed by atoms with Crippen LogP contribution in [0.1, 0.15) is 24.0 Å². The number of carbonyl (C=O) groups is 1. The molecule has 0 aliphatic carbocycles. The number of benzene rings is 2. The zero-order valence-corrected chi connectivity index (χ0v) is 13.5. The third kappa shape index (κ3) is 4.23. The molecule has 2 rings (SSSR count). The summed E-state index contributed by atoms with van der Waals surface area (Å²) in [5.41, 5.74) is 2.24. The van der Waals surface area contributed by atoms with E-state index in [1.807, 2.05) is 48.5 Å². The second-order valence-corrected chi connectivity index (χ2v) is 5.93. The number of hydrogen-bond acceptors (Lipinski definition) is 1. The number of nitrogens with zero attached hydrogens (tertiary/aromatic N) is 1. The molecule has 0 saturated heterocycles. The summed E-state index contributed by atoms with van der Waals surface area (Å²) in [7, 11) is 1.81. The van der Waals surface area contributed by atoms with Gasteiger partial charge in [-0.1, -0.05) is 47.5 Å². The Morgan fingerprint density at radius 2 is 1.33 bits per heavy atom. The van der Waals surface area contributed by atoms with Gasteiger partial charge in [0.05, 0.1) is 0 Å². The fourth-order valence-corrected chi connectivity index (χ4v) is 2.45. The topological polar surface area (TPSA) is 20.3 Å². The van der Waals surface area contributed by atoms with Crippen molar-refractivity contribution in [3.8, 4) is 0 Å². The van der Waals surface area contributed by atoms with Crippen LogP contribution in [0.3, 0.4) is 0 Å². The van der Waals surface area contributed by atoms with Gasteiger partial charge in [-0.3, -0.25) is 4.79 Å². The van der Waals surface area contributed by atoms with Crippen LogP contribution in [0.5, 0.6) is 0 Å². The molecule has 0 saturated carbocycles. The van der Waals surface area contributed by atoms with Crippen molar-refractivity contribution in [3.63, 3.8) is 0 Å². The standard InChI is InChI=1S/C17H17Cl2NO/c1-12(21)20(2)11-17(13-3-7-15(18)8-4-13)14-5-9-16(19)10-6-14/h3-10,17H,11H2,1-2H3. The van der Waals surface area contributed by atoms with Crippen molar-refractivity contribution in [3.05, 3.63) is 69.7 Å². The highest BCUT2D eigenvalue weighted by Crippen LogP contribution is 2.27. The van der Waals surface area contributed by atoms with Crippen LogP contribution in [0, 0.1) is 0 Å². The molecule has 0 aliphatic rings. The first-order valence-corrected chi connectivity index (χ1v) is 7.45. The van der Waals surface area contributed by atoms with E-state index in [1.165, 1.54) is 0 Å². The fraction of sp³-hybridized carbons (Fsp3) is 0.235. The number of hydrogen-bond donors (Lipinski definition) is 0. The number of likely N-dealkylation sites (N-methyl/N-ethyl adjacent to an activating group) is 1. The molecule has 0 aliphatic heterocycles. The van der Waals surface area contributed by atoms with E-state index in [4.69, 9.17) is 23.2 Å². The predicted octanol–water partition coefficient (Wildman–Crippen LogP) is 4.60. The minimum Gasteiger partial charge on any atom is -0.345 e. The molecule has 0 bridgehead atoms. The van der Waals surface area contributed by atoms with E-state index in [9.17, 15) is 4.79 Å². The molecular formula is C17H17Cl2NO. The van der Waals surface area contributed by atoms with Gasteiger partial charge in [-0.25, -0.2) is 0 Å². The molecule has 2 nitrogen and oxygen atoms in total. The number of amides is 1. The van der Waals surface area contributed by atoms with Gasteiger partial charge >= 0.3 is 0 Å². The van der Waals surface area contributed by atoms with Crippen LogP contribution in [-0.2, 0) is 4.79 Å². The van der Waals surface area contributed by atoms with Crippen LogP contribution in [-0.4, -0.2) is 24.4 Å². The second-order valence-electron chi connectivity index (χ2n) is 5.06. The van der Waals surface area contributed by atoms with Crippen molar-refractivity contribution < 1.29 is 4.79 Å². The van der Waals surface area contributed by atoms with Gasteiger partial charge < -0.3 is 4.90 Å². The van der Waals surface area contributed by atoms with E-state index in [0.717, 1.165) is 11.1 Å². The first kappa shape index (κ1) is 15.9. The molecule has 110 valence electrons. The first-order chi connectivity index (χ1) is 9.97. The SMILES string of the molecule is CC(=O)N(C)CC(c1ccc(Cl)cc1)c1ccc(Cl)cc1. The van der Waals surface area contributed by atoms with Gasteiger partial charge in [-0.2, -0.15) is 0 Å². The Balaban J connectivity index is 2.36. The zero-order chi connectivity index (χ0) is 15.4. The van der Waals surface area contributed by atoms with Gasteiger partial charge in [0.2, 0.25) is 5.91 Å². The molecule has 0 spiro atoms. The smallest absolute Gasteiger partial charge is 0.219 e. The molecule has 0 radical (unpaired) electrons. The minimum atomic E-state index is 0.0444. The van der Waals surface area contributed by atoms with E-state index in [0.29, 0.717) is 16.6 Å². The van der Waals surface area contributed by atoms with Crippen LogP contribution in [0.2, 0.25) is 10.0 Å². The quantitative estimate of drug-likeness (QED) is 0.805. The summed E-state index contributed by atoms with van der Waals surface area (Å²) in [5, 5.41) is 1.40. The van der Waals surface area contributed by atoms with Gasteiger partial charge in [0.25, 0.3) is 0 Å². The Morgan fingerprint density at radius 3 is 1.67 bits per heavy atom. The predicted molar refractivity (Wildman–Crippen MR) is 88.1 cm³/mol. The molecule has 2 aromatic carbocycles. The fourth-order valence-electron chi connectivity index (χ4n) is 2.20. The van der Waals surface area contributed by atoms with Crippen LogP contribution in [0.4, 0.5) is 0 Å². The molecule has 21 heavy (non-hydrogen) atoms. The van der Waals surface area contributed by atoms with Crippen LogP contribution in [0.25, 0.3) is 0 Å². The van der Waals surface area contributed by atoms with Crippen molar-refractivity contribution in [2.75, 3.05) is 13.6 Å². The lowest BCUT2D eigenvalue weighted by atomic mass is 9.91. The molecule has 0 heterocycles. The Hall–Kier alpha value is -1.51. The highest BCUT2D eigenvalue weighted by atomic mass is 35.5. The summed E-state index contributed by atoms with van der Waals surface area (Å²) in [6, 6.07) is 15.5. The van der Waals surface area contributed by atoms with Gasteiger partial charge in [0.15, 0.2) is 0 Å². The van der Waals surface area contributed by atoms with Crippen molar-refractivity contribution in [2.24, 2.45) is 0 Å². The third-order valence-electron chi connectivity index (χ3n) is 3.54. The summed E-state index contributed by atoms with van der Waals surface area (Å²) < 4.78 is 0. The van der Waals surface area contributed by atoms with E-state index < -0.39 is 0 Å². The number of rotatable bonds is 4. The van der Waals surface area contributed by atoms with E-state index in [2.05, 4.69) is 0 Å². The van der Waals surface area contributed by atoms with Gasteiger partial charge in [0.1, 0.15) is 0 Å². The Labute approximate surface area is 135 Å². The Bertz CT molecular complexity index is 562. The van der Waals surface area contributed by atoms with E-state index in [1.54, 1.807) is 18.9 Å². The highest BCUT2D eigenvalue weighted by molar-refractivity contribution is 6.30. The van der Waals surface area contributed by atoms with Crippen LogP contribution >= 0.6 is 23.2 Å². The molecule has 0 fully saturated rings. The van der Waals surface area contributed by atoms with Crippen molar-refractivity contribution in [1.82, 2.24) is 4.90 Å². The maximum absolute atomic E-state index is 11.5. The molecule has 0 atom stereocenters. The lowest BCUT2D eigenvalue weighted by molar-refractivity contribution is -0.127. The van der Waals surface area contributed by atoms with Crippen LogP contribution in [0.15, 0.2) is 48.5 Å². The summed E-state index contributed by atoms with van der Waals surface area (Å²) in [6.07, 6.45) is 0. The van der Waals surface area contributed by atoms with Crippen molar-refractivity contribution >= 4 is 29.1 Å². The molecule has 1 amide bonds. The number of halogens is 2.